The lowest BCUT2D eigenvalue weighted by molar-refractivity contribution is 0.275. The highest BCUT2D eigenvalue weighted by Gasteiger charge is 2.39. The number of thiophene rings is 1. The Kier molecular flexibility index (Phi) is 3.09. The van der Waals surface area contributed by atoms with Crippen LogP contribution in [-0.4, -0.2) is 13.1 Å². The Morgan fingerprint density at radius 2 is 1.81 bits per heavy atom. The fraction of sp³-hybridized carbons (Fsp3) is 0.263. The average Bonchev–Trinajstić information content (AvgIpc) is 2.87. The largest absolute Gasteiger partial charge is 0.315 e. The van der Waals surface area contributed by atoms with Crippen molar-refractivity contribution in [2.45, 2.75) is 18.8 Å². The van der Waals surface area contributed by atoms with E-state index in [1.807, 2.05) is 11.3 Å². The van der Waals surface area contributed by atoms with E-state index in [1.165, 1.54) is 26.8 Å². The average molecular weight is 293 g/mol. The minimum atomic E-state index is 0.275. The van der Waals surface area contributed by atoms with Crippen LogP contribution in [0.15, 0.2) is 53.9 Å². The van der Waals surface area contributed by atoms with Crippen molar-refractivity contribution in [2.24, 2.45) is 0 Å². The monoisotopic (exact) mass is 293 g/mol. The molecule has 0 saturated carbocycles. The molecule has 0 unspecified atom stereocenters. The predicted octanol–water partition coefficient (Wildman–Crippen LogP) is 4.29. The zero-order valence-electron chi connectivity index (χ0n) is 12.2. The fourth-order valence-corrected chi connectivity index (χ4v) is 4.26. The van der Waals surface area contributed by atoms with Crippen LogP contribution in [0.1, 0.15) is 16.7 Å². The van der Waals surface area contributed by atoms with Crippen LogP contribution in [0.4, 0.5) is 0 Å². The van der Waals surface area contributed by atoms with Gasteiger partial charge in [-0.1, -0.05) is 48.0 Å². The Morgan fingerprint density at radius 1 is 1.05 bits per heavy atom. The molecule has 106 valence electrons. The van der Waals surface area contributed by atoms with E-state index in [9.17, 15) is 0 Å². The Bertz CT molecular complexity index is 766. The summed E-state index contributed by atoms with van der Waals surface area (Å²) in [4.78, 5) is 0. The van der Waals surface area contributed by atoms with Gasteiger partial charge in [0.15, 0.2) is 0 Å². The molecular formula is C19H19NS. The second-order valence-corrected chi connectivity index (χ2v) is 7.10. The Hall–Kier alpha value is -1.64. The third-order valence-electron chi connectivity index (χ3n) is 4.68. The molecule has 2 heteroatoms. The van der Waals surface area contributed by atoms with Crippen LogP contribution in [0.25, 0.3) is 10.1 Å². The zero-order valence-corrected chi connectivity index (χ0v) is 13.0. The van der Waals surface area contributed by atoms with E-state index < -0.39 is 0 Å². The quantitative estimate of drug-likeness (QED) is 0.759. The predicted molar refractivity (Wildman–Crippen MR) is 91.3 cm³/mol. The number of hydrogen-bond donors (Lipinski definition) is 1. The van der Waals surface area contributed by atoms with Crippen molar-refractivity contribution >= 4 is 21.4 Å². The van der Waals surface area contributed by atoms with Crippen LogP contribution in [0.5, 0.6) is 0 Å². The molecule has 0 atom stereocenters. The number of hydrogen-bond acceptors (Lipinski definition) is 2. The maximum absolute atomic E-state index is 3.48. The van der Waals surface area contributed by atoms with Gasteiger partial charge in [0.05, 0.1) is 0 Å². The lowest BCUT2D eigenvalue weighted by Crippen LogP contribution is -2.58. The molecule has 4 rings (SSSR count). The first kappa shape index (κ1) is 13.1. The molecular weight excluding hydrogens is 274 g/mol. The van der Waals surface area contributed by atoms with Crippen LogP contribution in [-0.2, 0) is 11.8 Å². The van der Waals surface area contributed by atoms with Gasteiger partial charge in [0, 0.05) is 23.2 Å². The molecule has 1 aliphatic heterocycles. The topological polar surface area (TPSA) is 12.0 Å². The molecule has 0 spiro atoms. The third-order valence-corrected chi connectivity index (χ3v) is 5.69. The van der Waals surface area contributed by atoms with E-state index in [-0.39, 0.29) is 5.41 Å². The molecule has 0 radical (unpaired) electrons. The fourth-order valence-electron chi connectivity index (χ4n) is 3.30. The first-order valence-corrected chi connectivity index (χ1v) is 8.38. The first-order valence-electron chi connectivity index (χ1n) is 7.50. The van der Waals surface area contributed by atoms with Gasteiger partial charge >= 0.3 is 0 Å². The van der Waals surface area contributed by atoms with Gasteiger partial charge in [-0.25, -0.2) is 0 Å². The van der Waals surface area contributed by atoms with Gasteiger partial charge in [-0.15, -0.1) is 11.3 Å². The highest BCUT2D eigenvalue weighted by atomic mass is 32.1. The minimum Gasteiger partial charge on any atom is -0.315 e. The Labute approximate surface area is 129 Å². The first-order chi connectivity index (χ1) is 10.3. The molecule has 2 aromatic carbocycles. The van der Waals surface area contributed by atoms with E-state index in [2.05, 4.69) is 66.2 Å². The van der Waals surface area contributed by atoms with Crippen molar-refractivity contribution < 1.29 is 0 Å². The summed E-state index contributed by atoms with van der Waals surface area (Å²) in [6.45, 7) is 4.32. The van der Waals surface area contributed by atoms with Gasteiger partial charge in [-0.2, -0.15) is 0 Å². The van der Waals surface area contributed by atoms with Gasteiger partial charge in [-0.3, -0.25) is 0 Å². The van der Waals surface area contributed by atoms with Gasteiger partial charge in [0.2, 0.25) is 0 Å². The van der Waals surface area contributed by atoms with Crippen molar-refractivity contribution in [2.75, 3.05) is 13.1 Å². The van der Waals surface area contributed by atoms with E-state index in [1.54, 1.807) is 0 Å². The number of fused-ring (bicyclic) bond motifs is 1. The van der Waals surface area contributed by atoms with Gasteiger partial charge in [0.1, 0.15) is 0 Å². The highest BCUT2D eigenvalue weighted by Crippen LogP contribution is 2.36. The molecule has 0 amide bonds. The van der Waals surface area contributed by atoms with Crippen LogP contribution in [0.2, 0.25) is 0 Å². The highest BCUT2D eigenvalue weighted by molar-refractivity contribution is 7.17. The summed E-state index contributed by atoms with van der Waals surface area (Å²) in [6, 6.07) is 17.9. The second kappa shape index (κ2) is 4.97. The molecule has 1 nitrogen and oxygen atoms in total. The molecule has 3 aromatic rings. The number of benzene rings is 2. The zero-order chi connectivity index (χ0) is 14.3. The molecule has 1 saturated heterocycles. The summed E-state index contributed by atoms with van der Waals surface area (Å²) in [5.41, 5.74) is 4.58. The molecule has 1 fully saturated rings. The smallest absolute Gasteiger partial charge is 0.0345 e. The molecule has 0 aliphatic carbocycles. The second-order valence-electron chi connectivity index (χ2n) is 6.18. The Balaban J connectivity index is 1.72. The van der Waals surface area contributed by atoms with Crippen molar-refractivity contribution in [3.05, 3.63) is 70.6 Å². The number of nitrogens with one attached hydrogen (secondary N) is 1. The Morgan fingerprint density at radius 3 is 2.52 bits per heavy atom. The molecule has 0 bridgehead atoms. The number of aryl methyl sites for hydroxylation is 1. The molecule has 1 N–H and O–H groups in total. The SMILES string of the molecule is Cc1ccc(C2(Cc3csc4ccccc34)CNC2)cc1. The minimum absolute atomic E-state index is 0.275. The summed E-state index contributed by atoms with van der Waals surface area (Å²) < 4.78 is 1.40. The summed E-state index contributed by atoms with van der Waals surface area (Å²) >= 11 is 1.87. The van der Waals surface area contributed by atoms with Gasteiger partial charge in [-0.05, 0) is 41.3 Å². The van der Waals surface area contributed by atoms with Gasteiger partial charge < -0.3 is 5.32 Å². The maximum atomic E-state index is 3.48. The standard InChI is InChI=1S/C19H19NS/c1-14-6-8-16(9-7-14)19(12-20-13-19)10-15-11-21-18-5-3-2-4-17(15)18/h2-9,11,20H,10,12-13H2,1H3. The molecule has 21 heavy (non-hydrogen) atoms. The van der Waals surface area contributed by atoms with Crippen molar-refractivity contribution in [1.82, 2.24) is 5.32 Å². The summed E-state index contributed by atoms with van der Waals surface area (Å²) in [5.74, 6) is 0. The van der Waals surface area contributed by atoms with Crippen molar-refractivity contribution in [1.29, 1.82) is 0 Å². The normalized spacial score (nSPS) is 16.8. The van der Waals surface area contributed by atoms with Crippen LogP contribution >= 0.6 is 11.3 Å². The van der Waals surface area contributed by atoms with Crippen LogP contribution in [0, 0.1) is 6.92 Å². The number of rotatable bonds is 3. The molecule has 1 aromatic heterocycles. The lowest BCUT2D eigenvalue weighted by atomic mass is 9.71. The van der Waals surface area contributed by atoms with Gasteiger partial charge in [0.25, 0.3) is 0 Å². The summed E-state index contributed by atoms with van der Waals surface area (Å²) in [5, 5.41) is 7.26. The van der Waals surface area contributed by atoms with E-state index in [0.717, 1.165) is 19.5 Å². The van der Waals surface area contributed by atoms with Crippen LogP contribution < -0.4 is 5.32 Å². The summed E-state index contributed by atoms with van der Waals surface area (Å²) in [6.07, 6.45) is 1.13. The van der Waals surface area contributed by atoms with E-state index in [4.69, 9.17) is 0 Å². The third kappa shape index (κ3) is 2.19. The molecule has 1 aliphatic rings. The van der Waals surface area contributed by atoms with Crippen molar-refractivity contribution in [3.8, 4) is 0 Å². The molecule has 2 heterocycles. The van der Waals surface area contributed by atoms with E-state index in [0.29, 0.717) is 0 Å². The lowest BCUT2D eigenvalue weighted by Gasteiger charge is -2.43. The van der Waals surface area contributed by atoms with E-state index >= 15 is 0 Å². The summed E-state index contributed by atoms with van der Waals surface area (Å²) in [7, 11) is 0. The van der Waals surface area contributed by atoms with Crippen LogP contribution in [0.3, 0.4) is 0 Å². The van der Waals surface area contributed by atoms with Crippen molar-refractivity contribution in [3.63, 3.8) is 0 Å². The maximum Gasteiger partial charge on any atom is 0.0345 e.